The van der Waals surface area contributed by atoms with Gasteiger partial charge in [-0.3, -0.25) is 0 Å². The van der Waals surface area contributed by atoms with Crippen molar-refractivity contribution in [3.63, 3.8) is 0 Å². The molecule has 1 nitrogen and oxygen atoms in total. The van der Waals surface area contributed by atoms with Gasteiger partial charge < -0.3 is 5.32 Å². The van der Waals surface area contributed by atoms with E-state index in [0.717, 1.165) is 17.9 Å². The summed E-state index contributed by atoms with van der Waals surface area (Å²) in [6, 6.07) is 7.96. The third-order valence-electron chi connectivity index (χ3n) is 4.50. The Morgan fingerprint density at radius 3 is 2.39 bits per heavy atom. The van der Waals surface area contributed by atoms with E-state index in [1.165, 1.54) is 29.5 Å². The van der Waals surface area contributed by atoms with Gasteiger partial charge in [-0.05, 0) is 56.6 Å². The fraction of sp³-hybridized carbons (Fsp3) is 0.647. The molecule has 1 fully saturated rings. The first-order valence-electron chi connectivity index (χ1n) is 7.30. The molecule has 2 rings (SSSR count). The molecule has 0 radical (unpaired) electrons. The van der Waals surface area contributed by atoms with Crippen molar-refractivity contribution in [3.8, 4) is 0 Å². The number of hydrogen-bond donors (Lipinski definition) is 1. The highest BCUT2D eigenvalue weighted by molar-refractivity contribution is 5.32. The number of rotatable bonds is 4. The Labute approximate surface area is 112 Å². The van der Waals surface area contributed by atoms with Gasteiger partial charge in [0.25, 0.3) is 0 Å². The first-order valence-corrected chi connectivity index (χ1v) is 7.30. The zero-order valence-corrected chi connectivity index (χ0v) is 12.5. The Morgan fingerprint density at radius 2 is 1.78 bits per heavy atom. The lowest BCUT2D eigenvalue weighted by Gasteiger charge is -2.40. The Kier molecular flexibility index (Phi) is 4.11. The van der Waals surface area contributed by atoms with E-state index in [0.29, 0.717) is 6.04 Å². The monoisotopic (exact) mass is 245 g/mol. The summed E-state index contributed by atoms with van der Waals surface area (Å²) in [6.07, 6.45) is 2.71. The zero-order chi connectivity index (χ0) is 13.3. The van der Waals surface area contributed by atoms with E-state index in [-0.39, 0.29) is 0 Å². The lowest BCUT2D eigenvalue weighted by Crippen LogP contribution is -2.44. The highest BCUT2D eigenvalue weighted by Crippen LogP contribution is 2.35. The van der Waals surface area contributed by atoms with E-state index >= 15 is 0 Å². The molecule has 0 aliphatic heterocycles. The van der Waals surface area contributed by atoms with Crippen molar-refractivity contribution >= 4 is 0 Å². The molecule has 1 aliphatic rings. The molecule has 1 aliphatic carbocycles. The summed E-state index contributed by atoms with van der Waals surface area (Å²) >= 11 is 0. The van der Waals surface area contributed by atoms with Crippen LogP contribution >= 0.6 is 0 Å². The van der Waals surface area contributed by atoms with Gasteiger partial charge in [0.2, 0.25) is 0 Å². The minimum atomic E-state index is 0.475. The van der Waals surface area contributed by atoms with Crippen molar-refractivity contribution in [2.45, 2.75) is 59.5 Å². The molecule has 1 aromatic carbocycles. The van der Waals surface area contributed by atoms with Crippen LogP contribution in [0.15, 0.2) is 18.2 Å². The van der Waals surface area contributed by atoms with Gasteiger partial charge in [0, 0.05) is 12.1 Å². The minimum absolute atomic E-state index is 0.475. The number of hydrogen-bond acceptors (Lipinski definition) is 1. The summed E-state index contributed by atoms with van der Waals surface area (Å²) in [7, 11) is 0. The summed E-state index contributed by atoms with van der Waals surface area (Å²) in [5.74, 6) is 1.78. The molecule has 0 saturated heterocycles. The molecular weight excluding hydrogens is 218 g/mol. The highest BCUT2D eigenvalue weighted by Gasteiger charge is 2.31. The molecule has 1 aromatic rings. The Hall–Kier alpha value is -0.820. The molecular formula is C17H27N. The third kappa shape index (κ3) is 2.95. The topological polar surface area (TPSA) is 12.0 Å². The van der Waals surface area contributed by atoms with Crippen LogP contribution in [0.4, 0.5) is 0 Å². The van der Waals surface area contributed by atoms with Crippen molar-refractivity contribution in [2.75, 3.05) is 0 Å². The van der Waals surface area contributed by atoms with Crippen LogP contribution in [0.2, 0.25) is 0 Å². The minimum Gasteiger partial charge on any atom is -0.307 e. The van der Waals surface area contributed by atoms with Crippen LogP contribution in [-0.4, -0.2) is 6.04 Å². The van der Waals surface area contributed by atoms with Crippen molar-refractivity contribution in [2.24, 2.45) is 11.8 Å². The van der Waals surface area contributed by atoms with E-state index in [1.54, 1.807) is 0 Å². The van der Waals surface area contributed by atoms with Crippen molar-refractivity contribution in [1.29, 1.82) is 0 Å². The molecule has 100 valence electrons. The maximum atomic E-state index is 3.79. The van der Waals surface area contributed by atoms with E-state index in [4.69, 9.17) is 0 Å². The average molecular weight is 245 g/mol. The lowest BCUT2D eigenvalue weighted by atomic mass is 9.73. The Morgan fingerprint density at radius 1 is 1.11 bits per heavy atom. The van der Waals surface area contributed by atoms with Crippen molar-refractivity contribution in [3.05, 3.63) is 34.9 Å². The maximum Gasteiger partial charge on any atom is 0.0297 e. The van der Waals surface area contributed by atoms with Gasteiger partial charge in [-0.1, -0.05) is 37.6 Å². The van der Waals surface area contributed by atoms with Crippen LogP contribution in [0, 0.1) is 25.7 Å². The molecule has 1 saturated carbocycles. The van der Waals surface area contributed by atoms with E-state index in [9.17, 15) is 0 Å². The fourth-order valence-electron chi connectivity index (χ4n) is 3.01. The van der Waals surface area contributed by atoms with Gasteiger partial charge in [-0.15, -0.1) is 0 Å². The van der Waals surface area contributed by atoms with Gasteiger partial charge in [-0.2, -0.15) is 0 Å². The summed E-state index contributed by atoms with van der Waals surface area (Å²) < 4.78 is 0. The van der Waals surface area contributed by atoms with Gasteiger partial charge >= 0.3 is 0 Å². The number of aryl methyl sites for hydroxylation is 2. The fourth-order valence-corrected chi connectivity index (χ4v) is 3.01. The molecule has 0 aromatic heterocycles. The molecule has 1 atom stereocenters. The Balaban J connectivity index is 1.93. The number of benzene rings is 1. The molecule has 1 N–H and O–H groups in total. The van der Waals surface area contributed by atoms with Crippen LogP contribution in [0.3, 0.4) is 0 Å². The largest absolute Gasteiger partial charge is 0.307 e. The second-order valence-electron chi connectivity index (χ2n) is 6.42. The second kappa shape index (κ2) is 5.44. The van der Waals surface area contributed by atoms with Crippen LogP contribution in [-0.2, 0) is 0 Å². The first kappa shape index (κ1) is 13.6. The molecule has 0 bridgehead atoms. The second-order valence-corrected chi connectivity index (χ2v) is 6.42. The smallest absolute Gasteiger partial charge is 0.0297 e. The molecule has 0 spiro atoms. The predicted octanol–water partition coefficient (Wildman–Crippen LogP) is 4.39. The predicted molar refractivity (Wildman–Crippen MR) is 78.8 cm³/mol. The van der Waals surface area contributed by atoms with Crippen LogP contribution in [0.1, 0.15) is 56.3 Å². The molecule has 1 unspecified atom stereocenters. The lowest BCUT2D eigenvalue weighted by molar-refractivity contribution is 0.159. The SMILES string of the molecule is Cc1ccc(C)c(C(C)NC2CC(C(C)C)C2)c1. The first-order chi connectivity index (χ1) is 8.47. The van der Waals surface area contributed by atoms with E-state index in [2.05, 4.69) is 58.1 Å². The molecule has 0 heterocycles. The van der Waals surface area contributed by atoms with Gasteiger partial charge in [0.05, 0.1) is 0 Å². The summed E-state index contributed by atoms with van der Waals surface area (Å²) in [6.45, 7) is 11.4. The molecule has 18 heavy (non-hydrogen) atoms. The normalized spacial score (nSPS) is 25.0. The maximum absolute atomic E-state index is 3.79. The van der Waals surface area contributed by atoms with E-state index in [1.807, 2.05) is 0 Å². The van der Waals surface area contributed by atoms with Gasteiger partial charge in [0.15, 0.2) is 0 Å². The van der Waals surface area contributed by atoms with Gasteiger partial charge in [0.1, 0.15) is 0 Å². The Bertz CT molecular complexity index is 402. The molecule has 0 amide bonds. The van der Waals surface area contributed by atoms with Crippen molar-refractivity contribution in [1.82, 2.24) is 5.32 Å². The summed E-state index contributed by atoms with van der Waals surface area (Å²) in [5.41, 5.74) is 4.22. The summed E-state index contributed by atoms with van der Waals surface area (Å²) in [4.78, 5) is 0. The standard InChI is InChI=1S/C17H27N/c1-11(2)15-9-16(10-15)18-14(5)17-8-12(3)6-7-13(17)4/h6-8,11,14-16,18H,9-10H2,1-5H3. The average Bonchev–Trinajstić information content (AvgIpc) is 2.25. The summed E-state index contributed by atoms with van der Waals surface area (Å²) in [5, 5.41) is 3.79. The van der Waals surface area contributed by atoms with Crippen molar-refractivity contribution < 1.29 is 0 Å². The van der Waals surface area contributed by atoms with Crippen LogP contribution < -0.4 is 5.32 Å². The van der Waals surface area contributed by atoms with Crippen LogP contribution in [0.25, 0.3) is 0 Å². The highest BCUT2D eigenvalue weighted by atomic mass is 15.0. The zero-order valence-electron chi connectivity index (χ0n) is 12.5. The quantitative estimate of drug-likeness (QED) is 0.829. The van der Waals surface area contributed by atoms with Crippen LogP contribution in [0.5, 0.6) is 0 Å². The van der Waals surface area contributed by atoms with Gasteiger partial charge in [-0.25, -0.2) is 0 Å². The third-order valence-corrected chi connectivity index (χ3v) is 4.50. The van der Waals surface area contributed by atoms with E-state index < -0.39 is 0 Å². The molecule has 1 heteroatoms. The number of nitrogens with one attached hydrogen (secondary N) is 1.